The fourth-order valence-electron chi connectivity index (χ4n) is 2.33. The predicted molar refractivity (Wildman–Crippen MR) is 104 cm³/mol. The lowest BCUT2D eigenvalue weighted by Crippen LogP contribution is -2.09. The second kappa shape index (κ2) is 5.57. The first-order valence-electron chi connectivity index (χ1n) is 6.63. The minimum atomic E-state index is -1.77. The van der Waals surface area contributed by atoms with E-state index in [4.69, 9.17) is 46.3 Å². The molecule has 0 saturated carbocycles. The highest BCUT2D eigenvalue weighted by Crippen LogP contribution is 2.46. The smallest absolute Gasteiger partial charge is 0.250 e. The zero-order valence-electron chi connectivity index (χ0n) is 11.8. The topological polar surface area (TPSA) is 90.7 Å². The number of anilines is 2. The molecule has 0 bridgehead atoms. The van der Waals surface area contributed by atoms with Crippen LogP contribution in [0.15, 0.2) is 24.3 Å². The van der Waals surface area contributed by atoms with Crippen LogP contribution >= 0.6 is 57.5 Å². The van der Waals surface area contributed by atoms with Gasteiger partial charge in [0.25, 0.3) is 0 Å². The molecule has 0 aliphatic carbocycles. The summed E-state index contributed by atoms with van der Waals surface area (Å²) in [6.45, 7) is 0. The zero-order valence-corrected chi connectivity index (χ0v) is 15.7. The third-order valence-electron chi connectivity index (χ3n) is 3.35. The number of rotatable bonds is 1. The van der Waals surface area contributed by atoms with Crippen LogP contribution in [-0.4, -0.2) is 15.0 Å². The van der Waals surface area contributed by atoms with Crippen LogP contribution in [0.25, 0.3) is 31.0 Å². The maximum Gasteiger partial charge on any atom is 0.250 e. The van der Waals surface area contributed by atoms with Gasteiger partial charge in [-0.15, -0.1) is 22.7 Å². The molecule has 4 aromatic rings. The number of thiazole rings is 1. The van der Waals surface area contributed by atoms with Crippen LogP contribution in [-0.2, 0) is 3.79 Å². The molecule has 4 N–H and O–H groups in total. The Balaban J connectivity index is 2.04. The molecule has 3 heterocycles. The van der Waals surface area contributed by atoms with Gasteiger partial charge in [-0.1, -0.05) is 46.9 Å². The first-order valence-corrected chi connectivity index (χ1v) is 9.40. The van der Waals surface area contributed by atoms with Crippen molar-refractivity contribution in [2.75, 3.05) is 11.5 Å². The Bertz CT molecular complexity index is 1050. The van der Waals surface area contributed by atoms with E-state index in [2.05, 4.69) is 15.0 Å². The summed E-state index contributed by atoms with van der Waals surface area (Å²) in [4.78, 5) is 13.1. The standard InChI is InChI=1S/C14H8Cl3N5S2/c15-14(16,17)13-21-8-7(11(19)24-9(8)10(18)22-13)12-20-5-3-1-2-4-6(5)23-12/h1-4H,19H2,(H2,18,21,22). The lowest BCUT2D eigenvalue weighted by Gasteiger charge is -2.10. The van der Waals surface area contributed by atoms with Gasteiger partial charge in [-0.3, -0.25) is 0 Å². The van der Waals surface area contributed by atoms with Crippen molar-refractivity contribution in [3.05, 3.63) is 30.1 Å². The van der Waals surface area contributed by atoms with Gasteiger partial charge in [-0.25, -0.2) is 15.0 Å². The van der Waals surface area contributed by atoms with Crippen molar-refractivity contribution in [1.82, 2.24) is 15.0 Å². The van der Waals surface area contributed by atoms with Gasteiger partial charge in [-0.05, 0) is 12.1 Å². The highest BCUT2D eigenvalue weighted by Gasteiger charge is 2.30. The monoisotopic (exact) mass is 415 g/mol. The summed E-state index contributed by atoms with van der Waals surface area (Å²) in [5.41, 5.74) is 14.3. The van der Waals surface area contributed by atoms with Crippen molar-refractivity contribution in [2.24, 2.45) is 0 Å². The Morgan fingerprint density at radius 3 is 2.42 bits per heavy atom. The van der Waals surface area contributed by atoms with Crippen LogP contribution in [0.4, 0.5) is 10.8 Å². The molecule has 0 fully saturated rings. The van der Waals surface area contributed by atoms with Gasteiger partial charge in [0.2, 0.25) is 3.79 Å². The molecule has 0 spiro atoms. The van der Waals surface area contributed by atoms with Crippen LogP contribution < -0.4 is 11.5 Å². The number of fused-ring (bicyclic) bond motifs is 2. The van der Waals surface area contributed by atoms with Crippen molar-refractivity contribution in [3.63, 3.8) is 0 Å². The SMILES string of the molecule is Nc1sc2c(N)nc(C(Cl)(Cl)Cl)nc2c1-c1nc2ccccc2s1. The van der Waals surface area contributed by atoms with Gasteiger partial charge in [0, 0.05) is 0 Å². The van der Waals surface area contributed by atoms with E-state index in [-0.39, 0.29) is 11.6 Å². The highest BCUT2D eigenvalue weighted by atomic mass is 35.6. The maximum atomic E-state index is 6.20. The van der Waals surface area contributed by atoms with Crippen LogP contribution in [0.2, 0.25) is 0 Å². The van der Waals surface area contributed by atoms with Gasteiger partial charge in [0.05, 0.1) is 31.0 Å². The van der Waals surface area contributed by atoms with Gasteiger partial charge in [0.15, 0.2) is 5.82 Å². The minimum Gasteiger partial charge on any atom is -0.390 e. The summed E-state index contributed by atoms with van der Waals surface area (Å²) in [7, 11) is 0. The summed E-state index contributed by atoms with van der Waals surface area (Å²) in [6, 6.07) is 7.83. The normalized spacial score (nSPS) is 12.3. The van der Waals surface area contributed by atoms with E-state index in [1.807, 2.05) is 24.3 Å². The van der Waals surface area contributed by atoms with Crippen LogP contribution in [0.5, 0.6) is 0 Å². The van der Waals surface area contributed by atoms with E-state index >= 15 is 0 Å². The van der Waals surface area contributed by atoms with Crippen LogP contribution in [0.3, 0.4) is 0 Å². The molecule has 0 saturated heterocycles. The molecule has 5 nitrogen and oxygen atoms in total. The van der Waals surface area contributed by atoms with E-state index < -0.39 is 3.79 Å². The molecule has 122 valence electrons. The first kappa shape index (κ1) is 16.1. The van der Waals surface area contributed by atoms with E-state index in [1.54, 1.807) is 0 Å². The number of nitrogens with zero attached hydrogens (tertiary/aromatic N) is 3. The molecule has 24 heavy (non-hydrogen) atoms. The Morgan fingerprint density at radius 1 is 0.958 bits per heavy atom. The molecule has 1 aromatic carbocycles. The first-order chi connectivity index (χ1) is 11.3. The Morgan fingerprint density at radius 2 is 1.71 bits per heavy atom. The number of halogens is 3. The van der Waals surface area contributed by atoms with Gasteiger partial charge < -0.3 is 11.5 Å². The van der Waals surface area contributed by atoms with Crippen molar-refractivity contribution >= 4 is 88.7 Å². The fraction of sp³-hybridized carbons (Fsp3) is 0.0714. The Hall–Kier alpha value is -1.38. The summed E-state index contributed by atoms with van der Waals surface area (Å²) >= 11 is 20.5. The quantitative estimate of drug-likeness (QED) is 0.428. The Kier molecular flexibility index (Phi) is 3.74. The number of thiophene rings is 1. The number of benzene rings is 1. The van der Waals surface area contributed by atoms with Gasteiger partial charge >= 0.3 is 0 Å². The molecule has 0 radical (unpaired) electrons. The van der Waals surface area contributed by atoms with E-state index in [0.717, 1.165) is 15.2 Å². The average Bonchev–Trinajstić information content (AvgIpc) is 3.06. The van der Waals surface area contributed by atoms with E-state index in [1.165, 1.54) is 22.7 Å². The van der Waals surface area contributed by atoms with E-state index in [0.29, 0.717) is 20.8 Å². The summed E-state index contributed by atoms with van der Waals surface area (Å²) < 4.78 is -0.0706. The van der Waals surface area contributed by atoms with Crippen molar-refractivity contribution in [2.45, 2.75) is 3.79 Å². The third-order valence-corrected chi connectivity index (χ3v) is 5.94. The molecule has 10 heteroatoms. The molecule has 0 amide bonds. The molecule has 0 aliphatic rings. The summed E-state index contributed by atoms with van der Waals surface area (Å²) in [5.74, 6) is 0.239. The molecule has 0 aliphatic heterocycles. The molecule has 3 aromatic heterocycles. The average molecular weight is 417 g/mol. The number of nitrogen functional groups attached to an aromatic ring is 2. The zero-order chi connectivity index (χ0) is 17.1. The van der Waals surface area contributed by atoms with Crippen LogP contribution in [0.1, 0.15) is 5.82 Å². The maximum absolute atomic E-state index is 6.20. The highest BCUT2D eigenvalue weighted by molar-refractivity contribution is 7.25. The van der Waals surface area contributed by atoms with Crippen molar-refractivity contribution in [3.8, 4) is 10.6 Å². The van der Waals surface area contributed by atoms with Crippen LogP contribution in [0, 0.1) is 0 Å². The number of aromatic nitrogens is 3. The minimum absolute atomic E-state index is 0.0117. The molecule has 0 atom stereocenters. The predicted octanol–water partition coefficient (Wildman–Crippen LogP) is 4.96. The number of nitrogens with two attached hydrogens (primary N) is 2. The fourth-order valence-corrected chi connectivity index (χ4v) is 4.58. The van der Waals surface area contributed by atoms with Crippen molar-refractivity contribution < 1.29 is 0 Å². The lowest BCUT2D eigenvalue weighted by atomic mass is 10.2. The number of alkyl halides is 3. The number of hydrogen-bond acceptors (Lipinski definition) is 7. The second-order valence-electron chi connectivity index (χ2n) is 4.94. The molecule has 4 rings (SSSR count). The molecule has 0 unspecified atom stereocenters. The summed E-state index contributed by atoms with van der Waals surface area (Å²) in [6.07, 6.45) is 0. The van der Waals surface area contributed by atoms with Gasteiger partial charge in [0.1, 0.15) is 10.8 Å². The van der Waals surface area contributed by atoms with Gasteiger partial charge in [-0.2, -0.15) is 0 Å². The number of hydrogen-bond donors (Lipinski definition) is 2. The lowest BCUT2D eigenvalue weighted by molar-refractivity contribution is 1.00. The van der Waals surface area contributed by atoms with E-state index in [9.17, 15) is 0 Å². The second-order valence-corrected chi connectivity index (χ2v) is 9.30. The molecular weight excluding hydrogens is 409 g/mol. The Labute approximate surface area is 159 Å². The van der Waals surface area contributed by atoms with Crippen molar-refractivity contribution in [1.29, 1.82) is 0 Å². The summed E-state index contributed by atoms with van der Waals surface area (Å²) in [5, 5.41) is 1.29. The number of para-hydroxylation sites is 1. The third kappa shape index (κ3) is 2.57. The largest absolute Gasteiger partial charge is 0.390 e. The molecular formula is C14H8Cl3N5S2.